The Bertz CT molecular complexity index is 955. The summed E-state index contributed by atoms with van der Waals surface area (Å²) in [4.78, 5) is 27.8. The number of amides is 1. The van der Waals surface area contributed by atoms with E-state index in [0.29, 0.717) is 13.0 Å². The largest absolute Gasteiger partial charge is 0.355 e. The number of non-ortho nitro benzene ring substituents is 1. The van der Waals surface area contributed by atoms with Gasteiger partial charge in [-0.25, -0.2) is 0 Å². The maximum atomic E-state index is 12.3. The van der Waals surface area contributed by atoms with Gasteiger partial charge in [-0.3, -0.25) is 19.9 Å². The van der Waals surface area contributed by atoms with E-state index in [2.05, 4.69) is 10.3 Å². The zero-order chi connectivity index (χ0) is 19.2. The Morgan fingerprint density at radius 3 is 2.67 bits per heavy atom. The van der Waals surface area contributed by atoms with Gasteiger partial charge in [-0.2, -0.15) is 0 Å². The van der Waals surface area contributed by atoms with Gasteiger partial charge in [0.05, 0.1) is 15.7 Å². The lowest BCUT2D eigenvalue weighted by Gasteiger charge is -2.12. The van der Waals surface area contributed by atoms with Crippen molar-refractivity contribution in [2.45, 2.75) is 23.5 Å². The van der Waals surface area contributed by atoms with E-state index in [9.17, 15) is 14.9 Å². The normalized spacial score (nSPS) is 11.9. The number of nitro benzene ring substituents is 1. The zero-order valence-electron chi connectivity index (χ0n) is 14.8. The van der Waals surface area contributed by atoms with Gasteiger partial charge in [-0.1, -0.05) is 24.3 Å². The zero-order valence-corrected chi connectivity index (χ0v) is 15.6. The van der Waals surface area contributed by atoms with Crippen molar-refractivity contribution < 1.29 is 9.72 Å². The molecule has 0 spiro atoms. The van der Waals surface area contributed by atoms with Gasteiger partial charge in [0.1, 0.15) is 0 Å². The summed E-state index contributed by atoms with van der Waals surface area (Å²) in [5.74, 6) is -0.0634. The van der Waals surface area contributed by atoms with Crippen LogP contribution in [0.25, 0.3) is 10.9 Å². The third-order valence-corrected chi connectivity index (χ3v) is 5.25. The average Bonchev–Trinajstić information content (AvgIpc) is 2.68. The predicted molar refractivity (Wildman–Crippen MR) is 107 cm³/mol. The van der Waals surface area contributed by atoms with Crippen molar-refractivity contribution in [3.05, 3.63) is 76.5 Å². The lowest BCUT2D eigenvalue weighted by molar-refractivity contribution is -0.384. The molecule has 138 valence electrons. The second-order valence-electron chi connectivity index (χ2n) is 6.04. The molecule has 0 radical (unpaired) electrons. The number of fused-ring (bicyclic) bond motifs is 1. The Labute approximate surface area is 161 Å². The summed E-state index contributed by atoms with van der Waals surface area (Å²) in [7, 11) is 0. The quantitative estimate of drug-likeness (QED) is 0.380. The van der Waals surface area contributed by atoms with Gasteiger partial charge in [-0.05, 0) is 37.1 Å². The van der Waals surface area contributed by atoms with Crippen LogP contribution in [0.2, 0.25) is 0 Å². The number of pyridine rings is 1. The number of carbonyl (C=O) groups excluding carboxylic acids is 1. The van der Waals surface area contributed by atoms with Gasteiger partial charge < -0.3 is 5.32 Å². The van der Waals surface area contributed by atoms with Crippen LogP contribution >= 0.6 is 11.8 Å². The topological polar surface area (TPSA) is 85.1 Å². The minimum absolute atomic E-state index is 0.0418. The molecule has 1 heterocycles. The van der Waals surface area contributed by atoms with E-state index in [-0.39, 0.29) is 16.8 Å². The fourth-order valence-electron chi connectivity index (χ4n) is 2.74. The molecule has 0 bridgehead atoms. The molecule has 1 N–H and O–H groups in total. The molecule has 0 aliphatic rings. The SMILES string of the molecule is CC(Sc1ccc([N+](=O)[O-])cc1)C(=O)NCCc1cccc2cccnc12. The highest BCUT2D eigenvalue weighted by molar-refractivity contribution is 8.00. The number of para-hydroxylation sites is 1. The Hall–Kier alpha value is -2.93. The number of nitrogens with one attached hydrogen (secondary N) is 1. The maximum absolute atomic E-state index is 12.3. The molecule has 2 aromatic carbocycles. The molecule has 1 aromatic heterocycles. The molecular weight excluding hydrogens is 362 g/mol. The summed E-state index contributed by atoms with van der Waals surface area (Å²) in [5, 5.41) is 14.4. The molecule has 1 amide bonds. The Balaban J connectivity index is 1.53. The standard InChI is InChI=1S/C20H19N3O3S/c1-14(27-18-9-7-17(8-10-18)23(25)26)20(24)22-13-11-16-5-2-4-15-6-3-12-21-19(15)16/h2-10,12,14H,11,13H2,1H3,(H,22,24). The van der Waals surface area contributed by atoms with Gasteiger partial charge in [0, 0.05) is 35.2 Å². The molecule has 1 atom stereocenters. The van der Waals surface area contributed by atoms with Gasteiger partial charge in [0.15, 0.2) is 0 Å². The van der Waals surface area contributed by atoms with Crippen LogP contribution in [-0.4, -0.2) is 27.6 Å². The predicted octanol–water partition coefficient (Wildman–Crippen LogP) is 3.98. The van der Waals surface area contributed by atoms with E-state index in [1.807, 2.05) is 37.3 Å². The van der Waals surface area contributed by atoms with Gasteiger partial charge in [0.25, 0.3) is 5.69 Å². The molecule has 27 heavy (non-hydrogen) atoms. The first-order chi connectivity index (χ1) is 13.0. The monoisotopic (exact) mass is 381 g/mol. The van der Waals surface area contributed by atoms with Crippen LogP contribution in [0.15, 0.2) is 65.7 Å². The molecule has 7 heteroatoms. The second kappa shape index (κ2) is 8.64. The minimum Gasteiger partial charge on any atom is -0.355 e. The smallest absolute Gasteiger partial charge is 0.269 e. The third-order valence-electron chi connectivity index (χ3n) is 4.14. The molecule has 0 fully saturated rings. The Kier molecular flexibility index (Phi) is 6.03. The number of hydrogen-bond acceptors (Lipinski definition) is 5. The van der Waals surface area contributed by atoms with Gasteiger partial charge in [-0.15, -0.1) is 11.8 Å². The number of nitrogens with zero attached hydrogens (tertiary/aromatic N) is 2. The minimum atomic E-state index is -0.438. The van der Waals surface area contributed by atoms with Crippen LogP contribution < -0.4 is 5.32 Å². The summed E-state index contributed by atoms with van der Waals surface area (Å²) in [6.07, 6.45) is 2.47. The van der Waals surface area contributed by atoms with Crippen molar-refractivity contribution in [3.8, 4) is 0 Å². The van der Waals surface area contributed by atoms with Crippen LogP contribution in [0.3, 0.4) is 0 Å². The number of benzene rings is 2. The second-order valence-corrected chi connectivity index (χ2v) is 7.46. The van der Waals surface area contributed by atoms with Crippen molar-refractivity contribution >= 4 is 34.3 Å². The number of hydrogen-bond donors (Lipinski definition) is 1. The van der Waals surface area contributed by atoms with Crippen molar-refractivity contribution in [1.82, 2.24) is 10.3 Å². The summed E-state index contributed by atoms with van der Waals surface area (Å²) in [5.41, 5.74) is 2.10. The number of thioether (sulfide) groups is 1. The van der Waals surface area contributed by atoms with Crippen LogP contribution in [0.5, 0.6) is 0 Å². The summed E-state index contributed by atoms with van der Waals surface area (Å²) < 4.78 is 0. The molecule has 0 aliphatic heterocycles. The Morgan fingerprint density at radius 1 is 1.19 bits per heavy atom. The first-order valence-electron chi connectivity index (χ1n) is 8.56. The van der Waals surface area contributed by atoms with E-state index in [0.717, 1.165) is 21.4 Å². The van der Waals surface area contributed by atoms with Crippen LogP contribution in [0.4, 0.5) is 5.69 Å². The van der Waals surface area contributed by atoms with Crippen LogP contribution in [-0.2, 0) is 11.2 Å². The molecular formula is C20H19N3O3S. The molecule has 0 saturated heterocycles. The summed E-state index contributed by atoms with van der Waals surface area (Å²) in [6.45, 7) is 2.35. The first kappa shape index (κ1) is 18.8. The fraction of sp³-hybridized carbons (Fsp3) is 0.200. The number of nitro groups is 1. The van der Waals surface area contributed by atoms with Crippen molar-refractivity contribution in [2.75, 3.05) is 6.54 Å². The molecule has 3 rings (SSSR count). The van der Waals surface area contributed by atoms with Crippen LogP contribution in [0.1, 0.15) is 12.5 Å². The number of carbonyl (C=O) groups is 1. The number of rotatable bonds is 7. The Morgan fingerprint density at radius 2 is 1.93 bits per heavy atom. The van der Waals surface area contributed by atoms with Gasteiger partial charge in [0.2, 0.25) is 5.91 Å². The van der Waals surface area contributed by atoms with Crippen molar-refractivity contribution in [3.63, 3.8) is 0 Å². The lowest BCUT2D eigenvalue weighted by Crippen LogP contribution is -2.32. The average molecular weight is 381 g/mol. The highest BCUT2D eigenvalue weighted by Crippen LogP contribution is 2.25. The van der Waals surface area contributed by atoms with Crippen molar-refractivity contribution in [1.29, 1.82) is 0 Å². The molecule has 0 aliphatic carbocycles. The van der Waals surface area contributed by atoms with E-state index >= 15 is 0 Å². The highest BCUT2D eigenvalue weighted by Gasteiger charge is 2.15. The first-order valence-corrected chi connectivity index (χ1v) is 9.44. The van der Waals surface area contributed by atoms with E-state index < -0.39 is 4.92 Å². The molecule has 3 aromatic rings. The van der Waals surface area contributed by atoms with E-state index in [4.69, 9.17) is 0 Å². The number of aromatic nitrogens is 1. The van der Waals surface area contributed by atoms with Gasteiger partial charge >= 0.3 is 0 Å². The third kappa shape index (κ3) is 4.83. The van der Waals surface area contributed by atoms with Crippen molar-refractivity contribution in [2.24, 2.45) is 0 Å². The summed E-state index contributed by atoms with van der Waals surface area (Å²) in [6, 6.07) is 16.2. The maximum Gasteiger partial charge on any atom is 0.269 e. The highest BCUT2D eigenvalue weighted by atomic mass is 32.2. The van der Waals surface area contributed by atoms with Crippen LogP contribution in [0, 0.1) is 10.1 Å². The molecule has 6 nitrogen and oxygen atoms in total. The fourth-order valence-corrected chi connectivity index (χ4v) is 3.63. The van der Waals surface area contributed by atoms with E-state index in [1.165, 1.54) is 23.9 Å². The summed E-state index contributed by atoms with van der Waals surface area (Å²) >= 11 is 1.37. The molecule has 0 saturated carbocycles. The van der Waals surface area contributed by atoms with E-state index in [1.54, 1.807) is 18.3 Å². The molecule has 1 unspecified atom stereocenters. The lowest BCUT2D eigenvalue weighted by atomic mass is 10.1.